The van der Waals surface area contributed by atoms with E-state index in [1.165, 1.54) is 6.08 Å². The zero-order chi connectivity index (χ0) is 26.1. The molecule has 0 radical (unpaired) electrons. The SMILES string of the molecule is NC1=CC(C(=O)O)N(Cc2ccc(C(=O)Oc3cccc4c3CN(C3CCC(=O)NC3=O)C4)cc2)C=C1. The van der Waals surface area contributed by atoms with Crippen molar-refractivity contribution in [1.82, 2.24) is 15.1 Å². The highest BCUT2D eigenvalue weighted by Gasteiger charge is 2.36. The molecule has 2 aromatic carbocycles. The van der Waals surface area contributed by atoms with Gasteiger partial charge >= 0.3 is 11.9 Å². The number of hydrogen-bond donors (Lipinski definition) is 3. The van der Waals surface area contributed by atoms with Gasteiger partial charge in [0.05, 0.1) is 11.6 Å². The number of nitrogens with one attached hydrogen (secondary N) is 1. The highest BCUT2D eigenvalue weighted by molar-refractivity contribution is 6.00. The van der Waals surface area contributed by atoms with Crippen LogP contribution in [0, 0.1) is 0 Å². The number of carboxylic acid groups (broad SMARTS) is 1. The number of imide groups is 1. The number of aliphatic carboxylic acids is 1. The summed E-state index contributed by atoms with van der Waals surface area (Å²) >= 11 is 0. The monoisotopic (exact) mass is 502 g/mol. The van der Waals surface area contributed by atoms with Crippen LogP contribution >= 0.6 is 0 Å². The summed E-state index contributed by atoms with van der Waals surface area (Å²) in [6.45, 7) is 1.30. The lowest BCUT2D eigenvalue weighted by Gasteiger charge is -2.29. The first kappa shape index (κ1) is 24.3. The molecule has 0 aromatic heterocycles. The minimum atomic E-state index is -1.00. The number of fused-ring (bicyclic) bond motifs is 1. The van der Waals surface area contributed by atoms with Gasteiger partial charge in [-0.15, -0.1) is 0 Å². The minimum absolute atomic E-state index is 0.255. The molecule has 0 aliphatic carbocycles. The van der Waals surface area contributed by atoms with Gasteiger partial charge in [-0.3, -0.25) is 19.8 Å². The third kappa shape index (κ3) is 5.10. The van der Waals surface area contributed by atoms with Crippen molar-refractivity contribution >= 4 is 23.8 Å². The zero-order valence-electron chi connectivity index (χ0n) is 19.9. The van der Waals surface area contributed by atoms with E-state index >= 15 is 0 Å². The van der Waals surface area contributed by atoms with Crippen LogP contribution in [-0.2, 0) is 34.0 Å². The average Bonchev–Trinajstić information content (AvgIpc) is 3.30. The number of piperidine rings is 1. The molecule has 1 saturated heterocycles. The van der Waals surface area contributed by atoms with Gasteiger partial charge in [-0.2, -0.15) is 0 Å². The number of ether oxygens (including phenoxy) is 1. The molecule has 1 fully saturated rings. The largest absolute Gasteiger partial charge is 0.479 e. The molecule has 2 amide bonds. The normalized spacial score (nSPS) is 21.3. The number of allylic oxidation sites excluding steroid dienone is 1. The van der Waals surface area contributed by atoms with Gasteiger partial charge in [-0.25, -0.2) is 9.59 Å². The molecule has 4 N–H and O–H groups in total. The van der Waals surface area contributed by atoms with E-state index in [0.717, 1.165) is 16.7 Å². The third-order valence-electron chi connectivity index (χ3n) is 6.79. The van der Waals surface area contributed by atoms with Gasteiger partial charge in [-0.05, 0) is 47.9 Å². The molecule has 3 aliphatic rings. The second kappa shape index (κ2) is 9.90. The van der Waals surface area contributed by atoms with E-state index in [4.69, 9.17) is 10.5 Å². The van der Waals surface area contributed by atoms with E-state index in [-0.39, 0.29) is 11.8 Å². The highest BCUT2D eigenvalue weighted by atomic mass is 16.5. The summed E-state index contributed by atoms with van der Waals surface area (Å²) in [4.78, 5) is 51.9. The van der Waals surface area contributed by atoms with E-state index in [0.29, 0.717) is 49.5 Å². The lowest BCUT2D eigenvalue weighted by atomic mass is 10.0. The molecule has 10 nitrogen and oxygen atoms in total. The summed E-state index contributed by atoms with van der Waals surface area (Å²) in [6, 6.07) is 11.0. The van der Waals surface area contributed by atoms with E-state index in [9.17, 15) is 24.3 Å². The Kier molecular flexibility index (Phi) is 6.49. The Bertz CT molecular complexity index is 1330. The van der Waals surface area contributed by atoms with Gasteiger partial charge in [0.2, 0.25) is 11.8 Å². The molecule has 190 valence electrons. The molecule has 3 heterocycles. The molecule has 2 aromatic rings. The van der Waals surface area contributed by atoms with Gasteiger partial charge in [0, 0.05) is 43.5 Å². The predicted octanol–water partition coefficient (Wildman–Crippen LogP) is 1.65. The van der Waals surface area contributed by atoms with Crippen LogP contribution in [0.1, 0.15) is 39.9 Å². The maximum Gasteiger partial charge on any atom is 0.343 e. The maximum atomic E-state index is 12.9. The Labute approximate surface area is 213 Å². The molecule has 5 rings (SSSR count). The summed E-state index contributed by atoms with van der Waals surface area (Å²) in [6.07, 6.45) is 5.53. The van der Waals surface area contributed by atoms with Crippen LogP contribution in [0.4, 0.5) is 0 Å². The molecule has 37 heavy (non-hydrogen) atoms. The number of rotatable bonds is 6. The first-order chi connectivity index (χ1) is 17.8. The van der Waals surface area contributed by atoms with Crippen molar-refractivity contribution in [2.75, 3.05) is 0 Å². The summed E-state index contributed by atoms with van der Waals surface area (Å²) in [5, 5.41) is 11.9. The molecule has 2 unspecified atom stereocenters. The molecular weight excluding hydrogens is 476 g/mol. The van der Waals surface area contributed by atoms with Gasteiger partial charge < -0.3 is 20.5 Å². The van der Waals surface area contributed by atoms with E-state index in [1.807, 2.05) is 17.0 Å². The number of nitrogens with two attached hydrogens (primary N) is 1. The second-order valence-corrected chi connectivity index (χ2v) is 9.29. The Hall–Kier alpha value is -4.44. The van der Waals surface area contributed by atoms with Crippen LogP contribution in [0.5, 0.6) is 5.75 Å². The van der Waals surface area contributed by atoms with Crippen molar-refractivity contribution < 1.29 is 29.0 Å². The predicted molar refractivity (Wildman–Crippen MR) is 132 cm³/mol. The van der Waals surface area contributed by atoms with Crippen molar-refractivity contribution in [2.24, 2.45) is 5.73 Å². The quantitative estimate of drug-likeness (QED) is 0.305. The number of carbonyl (C=O) groups excluding carboxylic acids is 3. The fourth-order valence-electron chi connectivity index (χ4n) is 4.85. The zero-order valence-corrected chi connectivity index (χ0v) is 19.9. The first-order valence-corrected chi connectivity index (χ1v) is 11.9. The van der Waals surface area contributed by atoms with Crippen LogP contribution in [0.3, 0.4) is 0 Å². The smallest absolute Gasteiger partial charge is 0.343 e. The summed E-state index contributed by atoms with van der Waals surface area (Å²) in [5.74, 6) is -1.63. The molecule has 10 heteroatoms. The molecule has 0 spiro atoms. The van der Waals surface area contributed by atoms with E-state index in [1.54, 1.807) is 47.5 Å². The van der Waals surface area contributed by atoms with E-state index < -0.39 is 24.0 Å². The third-order valence-corrected chi connectivity index (χ3v) is 6.79. The van der Waals surface area contributed by atoms with Crippen LogP contribution in [0.25, 0.3) is 0 Å². The van der Waals surface area contributed by atoms with Crippen LogP contribution in [0.2, 0.25) is 0 Å². The number of nitrogens with zero attached hydrogens (tertiary/aromatic N) is 2. The first-order valence-electron chi connectivity index (χ1n) is 11.9. The summed E-state index contributed by atoms with van der Waals surface area (Å²) < 4.78 is 5.73. The Balaban J connectivity index is 1.24. The number of esters is 1. The molecule has 3 aliphatic heterocycles. The van der Waals surface area contributed by atoms with Crippen LogP contribution < -0.4 is 15.8 Å². The standard InChI is InChI=1S/C27H26N4O6/c28-19-10-11-30(22(12-19)26(34)35)13-16-4-6-17(7-5-16)27(36)37-23-3-1-2-18-14-31(15-20(18)23)21-8-9-24(32)29-25(21)33/h1-7,10-12,21-22H,8-9,13-15,28H2,(H,34,35)(H,29,32,33). The fourth-order valence-corrected chi connectivity index (χ4v) is 4.85. The van der Waals surface area contributed by atoms with Gasteiger partial charge in [0.15, 0.2) is 0 Å². The number of amides is 2. The number of carbonyl (C=O) groups is 4. The second-order valence-electron chi connectivity index (χ2n) is 9.29. The summed E-state index contributed by atoms with van der Waals surface area (Å²) in [7, 11) is 0. The number of carboxylic acids is 1. The molecule has 0 bridgehead atoms. The lowest BCUT2D eigenvalue weighted by Crippen LogP contribution is -2.50. The van der Waals surface area contributed by atoms with Gasteiger partial charge in [-0.1, -0.05) is 24.3 Å². The molecular formula is C27H26N4O6. The van der Waals surface area contributed by atoms with Gasteiger partial charge in [0.25, 0.3) is 0 Å². The Morgan fingerprint density at radius 1 is 1.11 bits per heavy atom. The van der Waals surface area contributed by atoms with Crippen LogP contribution in [0.15, 0.2) is 66.5 Å². The van der Waals surface area contributed by atoms with Crippen molar-refractivity contribution in [1.29, 1.82) is 0 Å². The van der Waals surface area contributed by atoms with Crippen molar-refractivity contribution in [3.8, 4) is 5.75 Å². The van der Waals surface area contributed by atoms with E-state index in [2.05, 4.69) is 5.32 Å². The van der Waals surface area contributed by atoms with Crippen LogP contribution in [-0.4, -0.2) is 50.7 Å². The maximum absolute atomic E-state index is 12.9. The lowest BCUT2D eigenvalue weighted by molar-refractivity contribution is -0.141. The topological polar surface area (TPSA) is 142 Å². The van der Waals surface area contributed by atoms with Crippen molar-refractivity contribution in [2.45, 2.75) is 44.6 Å². The number of hydrogen-bond acceptors (Lipinski definition) is 8. The minimum Gasteiger partial charge on any atom is -0.479 e. The molecule has 2 atom stereocenters. The highest BCUT2D eigenvalue weighted by Crippen LogP contribution is 2.34. The number of benzene rings is 2. The average molecular weight is 503 g/mol. The van der Waals surface area contributed by atoms with Gasteiger partial charge in [0.1, 0.15) is 11.8 Å². The fraction of sp³-hybridized carbons (Fsp3) is 0.259. The summed E-state index contributed by atoms with van der Waals surface area (Å²) in [5.41, 5.74) is 9.12. The Morgan fingerprint density at radius 2 is 1.89 bits per heavy atom. The molecule has 0 saturated carbocycles. The van der Waals surface area contributed by atoms with Crippen molar-refractivity contribution in [3.05, 3.63) is 88.8 Å². The Morgan fingerprint density at radius 3 is 2.62 bits per heavy atom. The van der Waals surface area contributed by atoms with Crippen molar-refractivity contribution in [3.63, 3.8) is 0 Å².